The minimum absolute atomic E-state index is 0.00672. The van der Waals surface area contributed by atoms with Gasteiger partial charge in [-0.15, -0.1) is 0 Å². The Kier molecular flexibility index (Phi) is 10.9. The van der Waals surface area contributed by atoms with Gasteiger partial charge < -0.3 is 19.9 Å². The predicted octanol–water partition coefficient (Wildman–Crippen LogP) is 5.40. The number of rotatable bonds is 9. The molecule has 2 N–H and O–H groups in total. The van der Waals surface area contributed by atoms with Crippen LogP contribution in [0.4, 0.5) is 15.8 Å². The van der Waals surface area contributed by atoms with E-state index in [1.54, 1.807) is 36.4 Å². The lowest BCUT2D eigenvalue weighted by molar-refractivity contribution is -0.164. The summed E-state index contributed by atoms with van der Waals surface area (Å²) < 4.78 is 21.9. The number of hydrogen-bond donors (Lipinski definition) is 2. The van der Waals surface area contributed by atoms with Crippen LogP contribution in [0.15, 0.2) is 54.6 Å². The zero-order valence-electron chi connectivity index (χ0n) is 34.2. The largest absolute Gasteiger partial charge is 0.489 e. The van der Waals surface area contributed by atoms with Gasteiger partial charge in [0.25, 0.3) is 17.7 Å². The molecule has 3 aromatic rings. The number of nitrogens with one attached hydrogen (secondary N) is 2. The van der Waals surface area contributed by atoms with E-state index in [1.165, 1.54) is 6.07 Å². The molecule has 3 aromatic carbocycles. The van der Waals surface area contributed by atoms with Crippen LogP contribution in [0.1, 0.15) is 90.0 Å². The van der Waals surface area contributed by atoms with Crippen LogP contribution in [0, 0.1) is 33.9 Å². The van der Waals surface area contributed by atoms with Crippen molar-refractivity contribution in [3.05, 3.63) is 87.7 Å². The van der Waals surface area contributed by atoms with Gasteiger partial charge in [0.2, 0.25) is 11.8 Å². The molecule has 5 aliphatic rings. The average molecular weight is 838 g/mol. The molecule has 0 spiro atoms. The number of imide groups is 2. The molecule has 1 unspecified atom stereocenters. The monoisotopic (exact) mass is 837 g/mol. The number of nitrogens with zero attached hydrogens (tertiary/aromatic N) is 5. The van der Waals surface area contributed by atoms with E-state index in [9.17, 15) is 29.2 Å². The quantitative estimate of drug-likeness (QED) is 0.268. The van der Waals surface area contributed by atoms with Crippen molar-refractivity contribution in [3.8, 4) is 11.8 Å². The first kappa shape index (κ1) is 41.2. The van der Waals surface area contributed by atoms with E-state index in [1.807, 2.05) is 45.9 Å². The van der Waals surface area contributed by atoms with Crippen molar-refractivity contribution in [1.29, 1.82) is 5.26 Å². The summed E-state index contributed by atoms with van der Waals surface area (Å²) in [7, 11) is 0. The fourth-order valence-electron chi connectivity index (χ4n) is 10.3. The summed E-state index contributed by atoms with van der Waals surface area (Å²) in [4.78, 5) is 71.9. The third-order valence-electron chi connectivity index (χ3n) is 13.3. The number of carbonyl (C=O) groups is 5. The summed E-state index contributed by atoms with van der Waals surface area (Å²) in [5.41, 5.74) is 1.56. The first-order valence-electron chi connectivity index (χ1n) is 20.6. The van der Waals surface area contributed by atoms with Crippen LogP contribution < -0.4 is 25.2 Å². The molecule has 1 aliphatic carbocycles. The fraction of sp³-hybridized carbons (Fsp3) is 0.467. The number of nitriles is 1. The van der Waals surface area contributed by atoms with E-state index in [0.717, 1.165) is 74.9 Å². The molecule has 60 heavy (non-hydrogen) atoms. The summed E-state index contributed by atoms with van der Waals surface area (Å²) in [6.07, 6.45) is 1.86. The van der Waals surface area contributed by atoms with Gasteiger partial charge in [0.1, 0.15) is 29.8 Å². The number of benzene rings is 3. The van der Waals surface area contributed by atoms with E-state index in [2.05, 4.69) is 25.3 Å². The van der Waals surface area contributed by atoms with Gasteiger partial charge >= 0.3 is 0 Å². The van der Waals surface area contributed by atoms with Crippen molar-refractivity contribution in [2.45, 2.75) is 71.6 Å². The number of hydrogen-bond acceptors (Lipinski definition) is 10. The Balaban J connectivity index is 0.804. The Morgan fingerprint density at radius 3 is 2.17 bits per heavy atom. The van der Waals surface area contributed by atoms with Gasteiger partial charge in [-0.05, 0) is 73.7 Å². The first-order valence-corrected chi connectivity index (χ1v) is 21.0. The Hall–Kier alpha value is -5.52. The molecule has 4 heterocycles. The standard InChI is InChI=1S/C45H49ClFN7O6/c1-44(2)42(45(3,4)43(44)60-30-8-5-27(24-48)34(46)23-30)50-38(56)32-10-7-29(22-35(32)47)53-19-17-51(18-20-53)25-26-13-15-52(16-14-26)28-6-9-31-33(21-28)41(59)54(40(31)58)36-11-12-37(55)49-39(36)57/h5-10,21-23,26,36,42-43H,11-20,25H2,1-4H3,(H,50,56)(H,49,55,57)/t36?,42-,43-. The second-order valence-corrected chi connectivity index (χ2v) is 18.3. The maximum absolute atomic E-state index is 15.6. The van der Waals surface area contributed by atoms with Gasteiger partial charge in [0.15, 0.2) is 0 Å². The number of halogens is 2. The Bertz CT molecular complexity index is 2300. The smallest absolute Gasteiger partial charge is 0.262 e. The van der Waals surface area contributed by atoms with Crippen molar-refractivity contribution in [3.63, 3.8) is 0 Å². The van der Waals surface area contributed by atoms with Gasteiger partial charge in [-0.3, -0.25) is 39.1 Å². The number of amides is 5. The molecular formula is C45H49ClFN7O6. The van der Waals surface area contributed by atoms with Crippen LogP contribution in [0.2, 0.25) is 5.02 Å². The summed E-state index contributed by atoms with van der Waals surface area (Å²) >= 11 is 6.23. The van der Waals surface area contributed by atoms with E-state index in [4.69, 9.17) is 16.3 Å². The molecule has 3 saturated heterocycles. The van der Waals surface area contributed by atoms with Crippen LogP contribution in [0.5, 0.6) is 5.75 Å². The van der Waals surface area contributed by atoms with E-state index in [0.29, 0.717) is 22.3 Å². The van der Waals surface area contributed by atoms with Crippen molar-refractivity contribution < 1.29 is 33.1 Å². The van der Waals surface area contributed by atoms with Crippen molar-refractivity contribution in [2.24, 2.45) is 16.7 Å². The number of carbonyl (C=O) groups excluding carboxylic acids is 5. The van der Waals surface area contributed by atoms with Crippen LogP contribution in [0.3, 0.4) is 0 Å². The van der Waals surface area contributed by atoms with E-state index in [-0.39, 0.29) is 41.7 Å². The number of piperazine rings is 1. The van der Waals surface area contributed by atoms with Gasteiger partial charge in [0, 0.05) is 86.5 Å². The topological polar surface area (TPSA) is 155 Å². The summed E-state index contributed by atoms with van der Waals surface area (Å²) in [5, 5.41) is 14.8. The molecule has 1 atom stereocenters. The Labute approximate surface area is 353 Å². The maximum Gasteiger partial charge on any atom is 0.262 e. The van der Waals surface area contributed by atoms with Gasteiger partial charge in [0.05, 0.1) is 27.3 Å². The lowest BCUT2D eigenvalue weighted by Crippen LogP contribution is -2.74. The fourth-order valence-corrected chi connectivity index (χ4v) is 10.5. The third-order valence-corrected chi connectivity index (χ3v) is 13.6. The van der Waals surface area contributed by atoms with Crippen molar-refractivity contribution in [2.75, 3.05) is 55.6 Å². The second kappa shape index (κ2) is 15.8. The molecule has 4 fully saturated rings. The molecule has 314 valence electrons. The van der Waals surface area contributed by atoms with Crippen LogP contribution in [-0.4, -0.2) is 103 Å². The number of anilines is 2. The Morgan fingerprint density at radius 1 is 0.867 bits per heavy atom. The molecular weight excluding hydrogens is 789 g/mol. The molecule has 1 saturated carbocycles. The highest BCUT2D eigenvalue weighted by molar-refractivity contribution is 6.31. The normalized spacial score (nSPS) is 24.1. The van der Waals surface area contributed by atoms with Gasteiger partial charge in [-0.25, -0.2) is 4.39 Å². The maximum atomic E-state index is 15.6. The summed E-state index contributed by atoms with van der Waals surface area (Å²) in [6, 6.07) is 15.8. The van der Waals surface area contributed by atoms with E-state index >= 15 is 4.39 Å². The zero-order valence-corrected chi connectivity index (χ0v) is 35.0. The van der Waals surface area contributed by atoms with Crippen molar-refractivity contribution >= 4 is 52.5 Å². The molecule has 0 aromatic heterocycles. The number of fused-ring (bicyclic) bond motifs is 1. The van der Waals surface area contributed by atoms with Crippen LogP contribution in [0.25, 0.3) is 0 Å². The Morgan fingerprint density at radius 2 is 1.52 bits per heavy atom. The van der Waals surface area contributed by atoms with Crippen LogP contribution >= 0.6 is 11.6 Å². The number of ether oxygens (including phenoxy) is 1. The lowest BCUT2D eigenvalue weighted by Gasteiger charge is -2.63. The lowest BCUT2D eigenvalue weighted by atomic mass is 9.49. The molecule has 13 nitrogen and oxygen atoms in total. The highest BCUT2D eigenvalue weighted by atomic mass is 35.5. The van der Waals surface area contributed by atoms with Gasteiger partial charge in [-0.1, -0.05) is 39.3 Å². The SMILES string of the molecule is CC1(C)[C@H](NC(=O)c2ccc(N3CCN(CC4CCN(c5ccc6c(c5)C(=O)N(C5CCC(=O)NC5=O)C6=O)CC4)CC3)cc2F)C(C)(C)[C@H]1Oc1ccc(C#N)c(Cl)c1. The minimum atomic E-state index is -0.990. The number of piperidine rings is 2. The highest BCUT2D eigenvalue weighted by Crippen LogP contribution is 2.55. The molecule has 0 radical (unpaired) electrons. The summed E-state index contributed by atoms with van der Waals surface area (Å²) in [6.45, 7) is 13.7. The first-order chi connectivity index (χ1) is 28.6. The third kappa shape index (κ3) is 7.47. The minimum Gasteiger partial charge on any atom is -0.489 e. The predicted molar refractivity (Wildman–Crippen MR) is 223 cm³/mol. The van der Waals surface area contributed by atoms with Gasteiger partial charge in [-0.2, -0.15) is 5.26 Å². The van der Waals surface area contributed by atoms with Crippen molar-refractivity contribution in [1.82, 2.24) is 20.4 Å². The second-order valence-electron chi connectivity index (χ2n) is 17.9. The molecule has 4 aliphatic heterocycles. The molecule has 5 amide bonds. The summed E-state index contributed by atoms with van der Waals surface area (Å²) in [5.74, 6) is -2.05. The molecule has 15 heteroatoms. The van der Waals surface area contributed by atoms with E-state index < -0.39 is 52.2 Å². The average Bonchev–Trinajstić information content (AvgIpc) is 3.47. The molecule has 0 bridgehead atoms. The highest BCUT2D eigenvalue weighted by Gasteiger charge is 2.64. The van der Waals surface area contributed by atoms with Crippen LogP contribution in [-0.2, 0) is 9.59 Å². The molecule has 8 rings (SSSR count). The zero-order chi connectivity index (χ0) is 42.7.